The highest BCUT2D eigenvalue weighted by molar-refractivity contribution is 5.87. The lowest BCUT2D eigenvalue weighted by Crippen LogP contribution is -2.17. The molecular formula is C17H16N4O5. The minimum Gasteiger partial charge on any atom is -0.477 e. The minimum atomic E-state index is -1.28. The van der Waals surface area contributed by atoms with E-state index in [4.69, 9.17) is 5.11 Å². The van der Waals surface area contributed by atoms with Gasteiger partial charge in [0.2, 0.25) is 0 Å². The number of carboxylic acid groups (broad SMARTS) is 1. The number of hydrogen-bond acceptors (Lipinski definition) is 5. The molecule has 3 rings (SSSR count). The summed E-state index contributed by atoms with van der Waals surface area (Å²) in [6.45, 7) is 0. The summed E-state index contributed by atoms with van der Waals surface area (Å²) in [5.74, 6) is -1.28. The Morgan fingerprint density at radius 2 is 1.88 bits per heavy atom. The van der Waals surface area contributed by atoms with Gasteiger partial charge in [-0.25, -0.2) is 14.6 Å². The number of ether oxygens (including phenoxy) is 1. The highest BCUT2D eigenvalue weighted by atomic mass is 16.5. The maximum Gasteiger partial charge on any atom is 0.411 e. The van der Waals surface area contributed by atoms with Gasteiger partial charge in [0.1, 0.15) is 5.56 Å². The molecule has 0 saturated carbocycles. The molecule has 4 N–H and O–H groups in total. The van der Waals surface area contributed by atoms with Crippen molar-refractivity contribution in [1.29, 1.82) is 0 Å². The van der Waals surface area contributed by atoms with Crippen LogP contribution in [0.2, 0.25) is 0 Å². The Labute approximate surface area is 147 Å². The highest BCUT2D eigenvalue weighted by Crippen LogP contribution is 2.18. The molecule has 2 heterocycles. The Hall–Kier alpha value is -3.88. The van der Waals surface area contributed by atoms with Crippen molar-refractivity contribution >= 4 is 17.7 Å². The van der Waals surface area contributed by atoms with Gasteiger partial charge in [-0.3, -0.25) is 10.1 Å². The van der Waals surface area contributed by atoms with E-state index in [-0.39, 0.29) is 5.56 Å². The maximum atomic E-state index is 11.6. The van der Waals surface area contributed by atoms with Crippen molar-refractivity contribution in [1.82, 2.24) is 15.0 Å². The lowest BCUT2D eigenvalue weighted by atomic mass is 10.1. The van der Waals surface area contributed by atoms with Crippen LogP contribution in [0.15, 0.2) is 59.9 Å². The Morgan fingerprint density at radius 1 is 1.15 bits per heavy atom. The number of carboxylic acids is 1. The molecule has 134 valence electrons. The van der Waals surface area contributed by atoms with Gasteiger partial charge in [0.15, 0.2) is 0 Å². The molecule has 9 heteroatoms. The molecular weight excluding hydrogens is 340 g/mol. The number of pyridine rings is 1. The smallest absolute Gasteiger partial charge is 0.411 e. The number of anilines is 1. The average Bonchev–Trinajstić information content (AvgIpc) is 3.22. The number of benzene rings is 1. The number of carbonyl (C=O) groups excluding carboxylic acids is 1. The monoisotopic (exact) mass is 356 g/mol. The van der Waals surface area contributed by atoms with Gasteiger partial charge in [0.25, 0.3) is 5.56 Å². The van der Waals surface area contributed by atoms with Crippen LogP contribution < -0.4 is 10.9 Å². The van der Waals surface area contributed by atoms with E-state index in [1.54, 1.807) is 43.0 Å². The SMILES string of the molecule is COC(=O)Nc1ccc(-c2ccc(C(=O)O)c(=O)[nH]2)cc1.c1c[nH]cn1. The molecule has 0 radical (unpaired) electrons. The first-order valence-corrected chi connectivity index (χ1v) is 7.36. The number of hydrogen-bond donors (Lipinski definition) is 4. The van der Waals surface area contributed by atoms with E-state index in [1.165, 1.54) is 19.2 Å². The van der Waals surface area contributed by atoms with Crippen molar-refractivity contribution in [3.63, 3.8) is 0 Å². The number of rotatable bonds is 3. The number of carbonyl (C=O) groups is 2. The Bertz CT molecular complexity index is 900. The average molecular weight is 356 g/mol. The van der Waals surface area contributed by atoms with Gasteiger partial charge >= 0.3 is 12.1 Å². The molecule has 0 aliphatic rings. The molecule has 0 saturated heterocycles. The van der Waals surface area contributed by atoms with Gasteiger partial charge in [-0.1, -0.05) is 12.1 Å². The third-order valence-corrected chi connectivity index (χ3v) is 3.17. The summed E-state index contributed by atoms with van der Waals surface area (Å²) >= 11 is 0. The second kappa shape index (κ2) is 8.83. The maximum absolute atomic E-state index is 11.6. The van der Waals surface area contributed by atoms with E-state index in [1.807, 2.05) is 0 Å². The van der Waals surface area contributed by atoms with Crippen molar-refractivity contribution in [2.45, 2.75) is 0 Å². The summed E-state index contributed by atoms with van der Waals surface area (Å²) in [6.07, 6.45) is 4.50. The third-order valence-electron chi connectivity index (χ3n) is 3.17. The summed E-state index contributed by atoms with van der Waals surface area (Å²) in [4.78, 5) is 42.3. The molecule has 0 aliphatic heterocycles. The summed E-state index contributed by atoms with van der Waals surface area (Å²) in [5.41, 5.74) is 0.712. The fourth-order valence-electron chi connectivity index (χ4n) is 1.93. The fraction of sp³-hybridized carbons (Fsp3) is 0.0588. The normalized spacial score (nSPS) is 9.58. The largest absolute Gasteiger partial charge is 0.477 e. The molecule has 1 aromatic carbocycles. The van der Waals surface area contributed by atoms with E-state index < -0.39 is 17.6 Å². The lowest BCUT2D eigenvalue weighted by Gasteiger charge is -2.06. The lowest BCUT2D eigenvalue weighted by molar-refractivity contribution is 0.0695. The number of aromatic carboxylic acids is 1. The molecule has 26 heavy (non-hydrogen) atoms. The van der Waals surface area contributed by atoms with Crippen molar-refractivity contribution in [3.8, 4) is 11.3 Å². The van der Waals surface area contributed by atoms with E-state index in [0.29, 0.717) is 16.9 Å². The second-order valence-electron chi connectivity index (χ2n) is 4.87. The van der Waals surface area contributed by atoms with Gasteiger partial charge < -0.3 is 19.8 Å². The first-order chi connectivity index (χ1) is 12.5. The number of nitrogens with zero attached hydrogens (tertiary/aromatic N) is 1. The van der Waals surface area contributed by atoms with Crippen LogP contribution in [0.1, 0.15) is 10.4 Å². The van der Waals surface area contributed by atoms with Crippen molar-refractivity contribution in [3.05, 3.63) is 71.0 Å². The zero-order chi connectivity index (χ0) is 18.9. The van der Waals surface area contributed by atoms with E-state index in [2.05, 4.69) is 25.0 Å². The van der Waals surface area contributed by atoms with Crippen LogP contribution >= 0.6 is 0 Å². The number of methoxy groups -OCH3 is 1. The van der Waals surface area contributed by atoms with Crippen molar-refractivity contribution < 1.29 is 19.4 Å². The number of aromatic amines is 2. The van der Waals surface area contributed by atoms with Crippen LogP contribution in [-0.4, -0.2) is 39.2 Å². The first-order valence-electron chi connectivity index (χ1n) is 7.36. The molecule has 0 aliphatic carbocycles. The van der Waals surface area contributed by atoms with Crippen LogP contribution in [0.25, 0.3) is 11.3 Å². The zero-order valence-electron chi connectivity index (χ0n) is 13.7. The van der Waals surface area contributed by atoms with Crippen LogP contribution in [0.3, 0.4) is 0 Å². The minimum absolute atomic E-state index is 0.317. The molecule has 0 spiro atoms. The topological polar surface area (TPSA) is 137 Å². The molecule has 9 nitrogen and oxygen atoms in total. The van der Waals surface area contributed by atoms with Crippen molar-refractivity contribution in [2.24, 2.45) is 0 Å². The predicted molar refractivity (Wildman–Crippen MR) is 94.1 cm³/mol. The van der Waals surface area contributed by atoms with Crippen LogP contribution in [0.5, 0.6) is 0 Å². The molecule has 0 unspecified atom stereocenters. The Morgan fingerprint density at radius 3 is 2.35 bits per heavy atom. The van der Waals surface area contributed by atoms with Crippen molar-refractivity contribution in [2.75, 3.05) is 12.4 Å². The number of imidazole rings is 1. The number of H-pyrrole nitrogens is 2. The quantitative estimate of drug-likeness (QED) is 0.568. The fourth-order valence-corrected chi connectivity index (χ4v) is 1.93. The summed E-state index contributed by atoms with van der Waals surface area (Å²) in [5, 5.41) is 11.3. The predicted octanol–water partition coefficient (Wildman–Crippen LogP) is 2.33. The highest BCUT2D eigenvalue weighted by Gasteiger charge is 2.09. The summed E-state index contributed by atoms with van der Waals surface area (Å²) in [7, 11) is 1.26. The molecule has 0 atom stereocenters. The van der Waals surface area contributed by atoms with E-state index in [9.17, 15) is 14.4 Å². The van der Waals surface area contributed by atoms with Crippen LogP contribution in [0.4, 0.5) is 10.5 Å². The standard InChI is InChI=1S/C14H12N2O5.C3H4N2/c1-21-14(20)15-9-4-2-8(3-5-9)11-7-6-10(13(18)19)12(17)16-11;1-2-5-3-4-1/h2-7H,1H3,(H,15,20)(H,16,17)(H,18,19);1-3H,(H,4,5). The number of aromatic nitrogens is 3. The molecule has 0 bridgehead atoms. The van der Waals surface area contributed by atoms with E-state index >= 15 is 0 Å². The summed E-state index contributed by atoms with van der Waals surface area (Å²) in [6, 6.07) is 9.38. The van der Waals surface area contributed by atoms with Crippen LogP contribution in [-0.2, 0) is 4.74 Å². The number of amides is 1. The third kappa shape index (κ3) is 5.06. The van der Waals surface area contributed by atoms with Crippen LogP contribution in [0, 0.1) is 0 Å². The number of nitrogens with one attached hydrogen (secondary N) is 3. The molecule has 0 fully saturated rings. The second-order valence-corrected chi connectivity index (χ2v) is 4.87. The van der Waals surface area contributed by atoms with Gasteiger partial charge in [0, 0.05) is 23.8 Å². The molecule has 2 aromatic heterocycles. The van der Waals surface area contributed by atoms with Gasteiger partial charge in [-0.2, -0.15) is 0 Å². The van der Waals surface area contributed by atoms with Gasteiger partial charge in [-0.15, -0.1) is 0 Å². The first kappa shape index (κ1) is 18.5. The zero-order valence-corrected chi connectivity index (χ0v) is 13.7. The molecule has 1 amide bonds. The summed E-state index contributed by atoms with van der Waals surface area (Å²) < 4.78 is 4.47. The Balaban J connectivity index is 0.000000417. The van der Waals surface area contributed by atoms with Gasteiger partial charge in [-0.05, 0) is 29.8 Å². The van der Waals surface area contributed by atoms with E-state index in [0.717, 1.165) is 0 Å². The Kier molecular flexibility index (Phi) is 6.27. The van der Waals surface area contributed by atoms with Gasteiger partial charge in [0.05, 0.1) is 13.4 Å². The molecule has 3 aromatic rings.